The zero-order chi connectivity index (χ0) is 16.3. The highest BCUT2D eigenvalue weighted by Gasteiger charge is 2.28. The lowest BCUT2D eigenvalue weighted by Gasteiger charge is -2.26. The molecule has 0 amide bonds. The van der Waals surface area contributed by atoms with Crippen molar-refractivity contribution in [3.8, 4) is 0 Å². The molecule has 0 heterocycles. The fourth-order valence-electron chi connectivity index (χ4n) is 2.52. The average molecular weight is 330 g/mol. The molecule has 0 atom stereocenters. The third kappa shape index (κ3) is 3.82. The van der Waals surface area contributed by atoms with Crippen LogP contribution >= 0.6 is 0 Å². The van der Waals surface area contributed by atoms with E-state index in [9.17, 15) is 17.6 Å². The third-order valence-corrected chi connectivity index (χ3v) is 5.29. The number of hydrogen-bond acceptors (Lipinski definition) is 5. The number of rotatable bonds is 4. The van der Waals surface area contributed by atoms with Gasteiger partial charge in [0.2, 0.25) is 10.0 Å². The molecule has 3 N–H and O–H groups in total. The number of halogens is 1. The minimum absolute atomic E-state index is 0.0838. The van der Waals surface area contributed by atoms with Gasteiger partial charge in [0.25, 0.3) is 0 Å². The molecule has 6 nitrogen and oxygen atoms in total. The highest BCUT2D eigenvalue weighted by atomic mass is 32.2. The van der Waals surface area contributed by atoms with E-state index in [0.29, 0.717) is 12.8 Å². The minimum Gasteiger partial charge on any atom is -0.465 e. The summed E-state index contributed by atoms with van der Waals surface area (Å²) in [4.78, 5) is 11.3. The second-order valence-electron chi connectivity index (χ2n) is 5.37. The van der Waals surface area contributed by atoms with Crippen LogP contribution in [0.4, 0.5) is 4.39 Å². The number of carbonyl (C=O) groups excluding carboxylic acids is 1. The Morgan fingerprint density at radius 2 is 1.95 bits per heavy atom. The SMILES string of the molecule is COC(=O)c1ccc(F)cc1S(=O)(=O)NC1CCC(N)CC1. The van der Waals surface area contributed by atoms with Crippen LogP contribution in [0.3, 0.4) is 0 Å². The van der Waals surface area contributed by atoms with Gasteiger partial charge in [0, 0.05) is 12.1 Å². The first-order valence-corrected chi connectivity index (χ1v) is 8.47. The second-order valence-corrected chi connectivity index (χ2v) is 7.05. The predicted molar refractivity (Wildman–Crippen MR) is 78.3 cm³/mol. The summed E-state index contributed by atoms with van der Waals surface area (Å²) in [7, 11) is -2.88. The van der Waals surface area contributed by atoms with Crippen molar-refractivity contribution in [2.45, 2.75) is 42.7 Å². The van der Waals surface area contributed by atoms with Gasteiger partial charge in [0.15, 0.2) is 0 Å². The van der Waals surface area contributed by atoms with E-state index in [1.165, 1.54) is 0 Å². The summed E-state index contributed by atoms with van der Waals surface area (Å²) >= 11 is 0. The van der Waals surface area contributed by atoms with Gasteiger partial charge in [-0.3, -0.25) is 0 Å². The molecule has 8 heteroatoms. The van der Waals surface area contributed by atoms with Crippen LogP contribution in [0.25, 0.3) is 0 Å². The van der Waals surface area contributed by atoms with E-state index in [-0.39, 0.29) is 17.6 Å². The van der Waals surface area contributed by atoms with E-state index in [1.807, 2.05) is 0 Å². The van der Waals surface area contributed by atoms with Gasteiger partial charge < -0.3 is 10.5 Å². The van der Waals surface area contributed by atoms with E-state index in [2.05, 4.69) is 9.46 Å². The maximum atomic E-state index is 13.4. The van der Waals surface area contributed by atoms with Crippen molar-refractivity contribution < 1.29 is 22.3 Å². The minimum atomic E-state index is -4.02. The number of nitrogens with two attached hydrogens (primary N) is 1. The van der Waals surface area contributed by atoms with Crippen LogP contribution in [0.15, 0.2) is 23.1 Å². The molecule has 0 bridgehead atoms. The van der Waals surface area contributed by atoms with Crippen LogP contribution in [0.1, 0.15) is 36.0 Å². The van der Waals surface area contributed by atoms with Crippen molar-refractivity contribution in [1.29, 1.82) is 0 Å². The number of benzene rings is 1. The molecule has 0 unspecified atom stereocenters. The molecular weight excluding hydrogens is 311 g/mol. The Labute approximate surface area is 128 Å². The van der Waals surface area contributed by atoms with Crippen molar-refractivity contribution >= 4 is 16.0 Å². The number of nitrogens with one attached hydrogen (secondary N) is 1. The maximum Gasteiger partial charge on any atom is 0.339 e. The summed E-state index contributed by atoms with van der Waals surface area (Å²) in [5.74, 6) is -1.57. The van der Waals surface area contributed by atoms with Crippen LogP contribution in [0, 0.1) is 5.82 Å². The summed E-state index contributed by atoms with van der Waals surface area (Å²) in [5.41, 5.74) is 5.59. The molecule has 22 heavy (non-hydrogen) atoms. The summed E-state index contributed by atoms with van der Waals surface area (Å²) < 4.78 is 45.4. The molecule has 1 aliphatic rings. The monoisotopic (exact) mass is 330 g/mol. The van der Waals surface area contributed by atoms with E-state index in [4.69, 9.17) is 5.73 Å². The topological polar surface area (TPSA) is 98.5 Å². The quantitative estimate of drug-likeness (QED) is 0.807. The summed E-state index contributed by atoms with van der Waals surface area (Å²) in [6, 6.07) is 2.76. The van der Waals surface area contributed by atoms with Gasteiger partial charge in [-0.1, -0.05) is 0 Å². The molecule has 0 aromatic heterocycles. The van der Waals surface area contributed by atoms with Crippen LogP contribution in [-0.4, -0.2) is 33.6 Å². The van der Waals surface area contributed by atoms with Crippen LogP contribution in [0.2, 0.25) is 0 Å². The summed E-state index contributed by atoms with van der Waals surface area (Å²) in [5, 5.41) is 0. The molecule has 1 aromatic rings. The van der Waals surface area contributed by atoms with Crippen molar-refractivity contribution in [1.82, 2.24) is 4.72 Å². The lowest BCUT2D eigenvalue weighted by molar-refractivity contribution is 0.0596. The highest BCUT2D eigenvalue weighted by Crippen LogP contribution is 2.22. The second kappa shape index (κ2) is 6.72. The van der Waals surface area contributed by atoms with Gasteiger partial charge in [-0.25, -0.2) is 22.3 Å². The maximum absolute atomic E-state index is 13.4. The first kappa shape index (κ1) is 16.9. The Balaban J connectivity index is 2.28. The molecule has 122 valence electrons. The van der Waals surface area contributed by atoms with Gasteiger partial charge in [-0.05, 0) is 43.9 Å². The van der Waals surface area contributed by atoms with Crippen LogP contribution < -0.4 is 10.5 Å². The van der Waals surface area contributed by atoms with Crippen molar-refractivity contribution in [3.05, 3.63) is 29.6 Å². The van der Waals surface area contributed by atoms with E-state index in [1.54, 1.807) is 0 Å². The molecule has 1 saturated carbocycles. The largest absolute Gasteiger partial charge is 0.465 e. The molecule has 0 spiro atoms. The van der Waals surface area contributed by atoms with E-state index >= 15 is 0 Å². The number of hydrogen-bond donors (Lipinski definition) is 2. The van der Waals surface area contributed by atoms with Crippen molar-refractivity contribution in [2.75, 3.05) is 7.11 Å². The Morgan fingerprint density at radius 1 is 1.32 bits per heavy atom. The smallest absolute Gasteiger partial charge is 0.339 e. The van der Waals surface area contributed by atoms with Gasteiger partial charge in [0.05, 0.1) is 17.6 Å². The zero-order valence-corrected chi connectivity index (χ0v) is 13.0. The number of sulfonamides is 1. The first-order chi connectivity index (χ1) is 10.3. The standard InChI is InChI=1S/C14H19FN2O4S/c1-21-14(18)12-7-2-9(15)8-13(12)22(19,20)17-11-5-3-10(16)4-6-11/h2,7-8,10-11,17H,3-6,16H2,1H3. The molecule has 1 aromatic carbocycles. The van der Waals surface area contributed by atoms with E-state index < -0.39 is 26.7 Å². The Morgan fingerprint density at radius 3 is 2.55 bits per heavy atom. The lowest BCUT2D eigenvalue weighted by atomic mass is 9.93. The predicted octanol–water partition coefficient (Wildman–Crippen LogP) is 1.16. The van der Waals surface area contributed by atoms with Gasteiger partial charge in [-0.2, -0.15) is 0 Å². The summed E-state index contributed by atoms with van der Waals surface area (Å²) in [6.07, 6.45) is 2.67. The Hall–Kier alpha value is -1.51. The molecule has 0 aliphatic heterocycles. The summed E-state index contributed by atoms with van der Waals surface area (Å²) in [6.45, 7) is 0. The number of esters is 1. The third-order valence-electron chi connectivity index (χ3n) is 3.73. The average Bonchev–Trinajstić information content (AvgIpc) is 2.48. The van der Waals surface area contributed by atoms with Crippen molar-refractivity contribution in [3.63, 3.8) is 0 Å². The normalized spacial score (nSPS) is 22.3. The lowest BCUT2D eigenvalue weighted by Crippen LogP contribution is -2.40. The number of methoxy groups -OCH3 is 1. The molecule has 2 rings (SSSR count). The zero-order valence-electron chi connectivity index (χ0n) is 12.2. The van der Waals surface area contributed by atoms with E-state index in [0.717, 1.165) is 38.2 Å². The molecule has 1 aliphatic carbocycles. The number of ether oxygens (including phenoxy) is 1. The molecule has 0 radical (unpaired) electrons. The van der Waals surface area contributed by atoms with Crippen LogP contribution in [-0.2, 0) is 14.8 Å². The molecule has 1 fully saturated rings. The van der Waals surface area contributed by atoms with Gasteiger partial charge >= 0.3 is 5.97 Å². The number of carbonyl (C=O) groups is 1. The Kier molecular flexibility index (Phi) is 5.15. The molecule has 0 saturated heterocycles. The fraction of sp³-hybridized carbons (Fsp3) is 0.500. The highest BCUT2D eigenvalue weighted by molar-refractivity contribution is 7.89. The Bertz CT molecular complexity index is 655. The first-order valence-electron chi connectivity index (χ1n) is 6.99. The van der Waals surface area contributed by atoms with Crippen molar-refractivity contribution in [2.24, 2.45) is 5.73 Å². The van der Waals surface area contributed by atoms with Crippen LogP contribution in [0.5, 0.6) is 0 Å². The van der Waals surface area contributed by atoms with Gasteiger partial charge in [-0.15, -0.1) is 0 Å². The van der Waals surface area contributed by atoms with Gasteiger partial charge in [0.1, 0.15) is 5.82 Å². The molecular formula is C14H19FN2O4S. The fourth-order valence-corrected chi connectivity index (χ4v) is 4.03.